The molecular weight excluding hydrogens is 255 g/mol. The van der Waals surface area contributed by atoms with Crippen LogP contribution in [0.1, 0.15) is 13.8 Å². The summed E-state index contributed by atoms with van der Waals surface area (Å²) in [5, 5.41) is 2.69. The topological polar surface area (TPSA) is 56.8 Å². The Bertz CT molecular complexity index is 350. The van der Waals surface area contributed by atoms with Gasteiger partial charge in [-0.05, 0) is 0 Å². The van der Waals surface area contributed by atoms with Crippen LogP contribution in [0.15, 0.2) is 0 Å². The third-order valence-electron chi connectivity index (χ3n) is 3.19. The van der Waals surface area contributed by atoms with Crippen LogP contribution >= 0.6 is 0 Å². The zero-order chi connectivity index (χ0) is 13.6. The molecule has 0 radical (unpaired) electrons. The molecule has 1 N–H and O–H groups in total. The van der Waals surface area contributed by atoms with E-state index < -0.39 is 29.6 Å². The third kappa shape index (κ3) is 1.98. The van der Waals surface area contributed by atoms with E-state index in [0.29, 0.717) is 6.54 Å². The van der Waals surface area contributed by atoms with Crippen molar-refractivity contribution in [2.45, 2.75) is 32.0 Å². The van der Waals surface area contributed by atoms with Crippen molar-refractivity contribution in [1.29, 1.82) is 0 Å². The minimum Gasteiger partial charge on any atom is -0.434 e. The number of carbonyl (C=O) groups excluding carboxylic acids is 1. The van der Waals surface area contributed by atoms with Gasteiger partial charge in [-0.1, -0.05) is 13.8 Å². The summed E-state index contributed by atoms with van der Waals surface area (Å²) in [4.78, 5) is 10.9. The number of carbonyl (C=O) groups is 1. The van der Waals surface area contributed by atoms with Crippen LogP contribution in [-0.4, -0.2) is 43.9 Å². The number of ether oxygens (including phenoxy) is 3. The lowest BCUT2D eigenvalue weighted by atomic mass is 9.86. The van der Waals surface area contributed by atoms with E-state index in [0.717, 1.165) is 0 Å². The Labute approximate surface area is 102 Å². The first-order valence-electron chi connectivity index (χ1n) is 5.48. The van der Waals surface area contributed by atoms with Crippen LogP contribution in [0.4, 0.5) is 13.2 Å². The maximum Gasteiger partial charge on any atom is 0.490 e. The summed E-state index contributed by atoms with van der Waals surface area (Å²) in [6.45, 7) is 4.37. The first-order chi connectivity index (χ1) is 8.19. The number of hydrogen-bond donors (Lipinski definition) is 1. The standard InChI is InChI=1S/C10H14F3NO4/c1-8(2)5-14-6(9(8)16-3-4-17-9)18-7(15)10(11,12)13/h6,14H,3-5H2,1-2H3. The van der Waals surface area contributed by atoms with E-state index in [9.17, 15) is 18.0 Å². The Morgan fingerprint density at radius 3 is 2.39 bits per heavy atom. The Kier molecular flexibility index (Phi) is 3.07. The second-order valence-electron chi connectivity index (χ2n) is 4.91. The van der Waals surface area contributed by atoms with E-state index in [1.807, 2.05) is 0 Å². The number of nitrogens with one attached hydrogen (secondary N) is 1. The summed E-state index contributed by atoms with van der Waals surface area (Å²) in [5.74, 6) is -3.61. The lowest BCUT2D eigenvalue weighted by Gasteiger charge is -2.37. The molecule has 2 rings (SSSR count). The van der Waals surface area contributed by atoms with E-state index in [-0.39, 0.29) is 13.2 Å². The monoisotopic (exact) mass is 269 g/mol. The Morgan fingerprint density at radius 2 is 1.89 bits per heavy atom. The van der Waals surface area contributed by atoms with Crippen LogP contribution in [0, 0.1) is 5.41 Å². The molecule has 0 aromatic carbocycles. The molecule has 0 aromatic heterocycles. The summed E-state index contributed by atoms with van der Waals surface area (Å²) in [7, 11) is 0. The predicted molar refractivity (Wildman–Crippen MR) is 52.4 cm³/mol. The lowest BCUT2D eigenvalue weighted by Crippen LogP contribution is -2.53. The molecule has 8 heteroatoms. The van der Waals surface area contributed by atoms with Crippen molar-refractivity contribution in [1.82, 2.24) is 5.32 Å². The first-order valence-corrected chi connectivity index (χ1v) is 5.48. The molecular formula is C10H14F3NO4. The van der Waals surface area contributed by atoms with Crippen LogP contribution in [0.5, 0.6) is 0 Å². The number of rotatable bonds is 1. The van der Waals surface area contributed by atoms with Gasteiger partial charge in [0.15, 0.2) is 0 Å². The van der Waals surface area contributed by atoms with Crippen LogP contribution in [0.3, 0.4) is 0 Å². The Morgan fingerprint density at radius 1 is 1.33 bits per heavy atom. The van der Waals surface area contributed by atoms with Crippen molar-refractivity contribution in [3.8, 4) is 0 Å². The maximum absolute atomic E-state index is 12.2. The molecule has 5 nitrogen and oxygen atoms in total. The van der Waals surface area contributed by atoms with E-state index in [2.05, 4.69) is 10.1 Å². The minimum absolute atomic E-state index is 0.255. The van der Waals surface area contributed by atoms with Gasteiger partial charge in [-0.2, -0.15) is 13.2 Å². The zero-order valence-corrected chi connectivity index (χ0v) is 9.97. The van der Waals surface area contributed by atoms with Gasteiger partial charge in [0.2, 0.25) is 12.0 Å². The smallest absolute Gasteiger partial charge is 0.434 e. The van der Waals surface area contributed by atoms with Gasteiger partial charge in [0, 0.05) is 12.0 Å². The fourth-order valence-electron chi connectivity index (χ4n) is 2.22. The van der Waals surface area contributed by atoms with Gasteiger partial charge in [0.25, 0.3) is 0 Å². The molecule has 2 heterocycles. The molecule has 1 atom stereocenters. The molecule has 0 aromatic rings. The van der Waals surface area contributed by atoms with Gasteiger partial charge in [-0.3, -0.25) is 5.32 Å². The molecule has 2 saturated heterocycles. The van der Waals surface area contributed by atoms with E-state index >= 15 is 0 Å². The highest BCUT2D eigenvalue weighted by molar-refractivity contribution is 5.75. The molecule has 1 unspecified atom stereocenters. The lowest BCUT2D eigenvalue weighted by molar-refractivity contribution is -0.271. The number of alkyl halides is 3. The van der Waals surface area contributed by atoms with Crippen molar-refractivity contribution in [2.24, 2.45) is 5.41 Å². The molecule has 1 spiro atoms. The normalized spacial score (nSPS) is 29.7. The van der Waals surface area contributed by atoms with Gasteiger partial charge < -0.3 is 14.2 Å². The Balaban J connectivity index is 2.16. The van der Waals surface area contributed by atoms with Gasteiger partial charge in [-0.25, -0.2) is 4.79 Å². The van der Waals surface area contributed by atoms with Crippen molar-refractivity contribution in [2.75, 3.05) is 19.8 Å². The average Bonchev–Trinajstić information content (AvgIpc) is 2.79. The highest BCUT2D eigenvalue weighted by atomic mass is 19.4. The summed E-state index contributed by atoms with van der Waals surface area (Å²) < 4.78 is 51.8. The van der Waals surface area contributed by atoms with Crippen LogP contribution < -0.4 is 5.32 Å². The Hall–Kier alpha value is -0.860. The minimum atomic E-state index is -5.03. The molecule has 2 fully saturated rings. The molecule has 0 aliphatic carbocycles. The maximum atomic E-state index is 12.2. The van der Waals surface area contributed by atoms with Crippen LogP contribution in [-0.2, 0) is 19.0 Å². The van der Waals surface area contributed by atoms with Crippen molar-refractivity contribution >= 4 is 5.97 Å². The highest BCUT2D eigenvalue weighted by Crippen LogP contribution is 2.45. The van der Waals surface area contributed by atoms with Crippen molar-refractivity contribution in [3.63, 3.8) is 0 Å². The SMILES string of the molecule is CC1(C)CNC(OC(=O)C(F)(F)F)C12OCCO2. The molecule has 0 amide bonds. The van der Waals surface area contributed by atoms with Crippen LogP contribution in [0.25, 0.3) is 0 Å². The van der Waals surface area contributed by atoms with Gasteiger partial charge in [-0.15, -0.1) is 0 Å². The summed E-state index contributed by atoms with van der Waals surface area (Å²) in [5.41, 5.74) is -0.597. The quantitative estimate of drug-likeness (QED) is 0.713. The van der Waals surface area contributed by atoms with E-state index in [1.165, 1.54) is 0 Å². The largest absolute Gasteiger partial charge is 0.490 e. The highest BCUT2D eigenvalue weighted by Gasteiger charge is 2.63. The fourth-order valence-corrected chi connectivity index (χ4v) is 2.22. The fraction of sp³-hybridized carbons (Fsp3) is 0.900. The second kappa shape index (κ2) is 4.07. The number of halogens is 3. The summed E-state index contributed by atoms with van der Waals surface area (Å²) in [6, 6.07) is 0. The predicted octanol–water partition coefficient (Wildman–Crippen LogP) is 0.790. The second-order valence-corrected chi connectivity index (χ2v) is 4.91. The van der Waals surface area contributed by atoms with Crippen molar-refractivity contribution in [3.05, 3.63) is 0 Å². The van der Waals surface area contributed by atoms with Gasteiger partial charge in [0.05, 0.1) is 13.2 Å². The molecule has 2 aliphatic rings. The molecule has 18 heavy (non-hydrogen) atoms. The summed E-state index contributed by atoms with van der Waals surface area (Å²) >= 11 is 0. The third-order valence-corrected chi connectivity index (χ3v) is 3.19. The van der Waals surface area contributed by atoms with Crippen LogP contribution in [0.2, 0.25) is 0 Å². The number of esters is 1. The van der Waals surface area contributed by atoms with Crippen molar-refractivity contribution < 1.29 is 32.2 Å². The number of hydrogen-bond acceptors (Lipinski definition) is 5. The molecule has 0 bridgehead atoms. The van der Waals surface area contributed by atoms with E-state index in [1.54, 1.807) is 13.8 Å². The molecule has 2 aliphatic heterocycles. The molecule has 104 valence electrons. The van der Waals surface area contributed by atoms with E-state index in [4.69, 9.17) is 9.47 Å². The molecule has 0 saturated carbocycles. The average molecular weight is 269 g/mol. The van der Waals surface area contributed by atoms with Gasteiger partial charge >= 0.3 is 12.1 Å². The zero-order valence-electron chi connectivity index (χ0n) is 9.97. The van der Waals surface area contributed by atoms with Gasteiger partial charge in [0.1, 0.15) is 0 Å². The summed E-state index contributed by atoms with van der Waals surface area (Å²) in [6.07, 6.45) is -6.29. The first kappa shape index (κ1) is 13.6.